The zero-order chi connectivity index (χ0) is 5.70. The van der Waals surface area contributed by atoms with Gasteiger partial charge in [0.1, 0.15) is 5.01 Å². The summed E-state index contributed by atoms with van der Waals surface area (Å²) in [7, 11) is 0. The minimum Gasteiger partial charge on any atom is -0.221 e. The van der Waals surface area contributed by atoms with E-state index in [2.05, 4.69) is 31.9 Å². The molecule has 7 heavy (non-hydrogen) atoms. The Kier molecular flexibility index (Phi) is 5.73. The molecule has 0 amide bonds. The van der Waals surface area contributed by atoms with Gasteiger partial charge in [-0.15, -0.1) is 0 Å². The molecule has 0 aliphatic carbocycles. The van der Waals surface area contributed by atoms with Crippen LogP contribution in [0.5, 0.6) is 0 Å². The number of alkyl halides is 2. The van der Waals surface area contributed by atoms with Crippen molar-refractivity contribution in [2.24, 2.45) is 0 Å². The molecule has 1 nitrogen and oxygen atoms in total. The molecule has 0 rings (SSSR count). The van der Waals surface area contributed by atoms with Crippen molar-refractivity contribution in [3.05, 3.63) is 0 Å². The summed E-state index contributed by atoms with van der Waals surface area (Å²) in [6.07, 6.45) is 1.67. The van der Waals surface area contributed by atoms with Gasteiger partial charge in [0.05, 0.1) is 0 Å². The van der Waals surface area contributed by atoms with E-state index in [-0.39, 0.29) is 0 Å². The SMILES string of the molecule is [O]C(Br)CCCBr. The molecule has 1 radical (unpaired) electrons. The molecule has 3 heteroatoms. The van der Waals surface area contributed by atoms with Crippen LogP contribution in [0.1, 0.15) is 12.8 Å². The first-order valence-corrected chi connectivity index (χ1v) is 4.17. The van der Waals surface area contributed by atoms with Crippen molar-refractivity contribution in [3.8, 4) is 0 Å². The topological polar surface area (TPSA) is 19.9 Å². The van der Waals surface area contributed by atoms with Crippen LogP contribution in [-0.2, 0) is 5.11 Å². The summed E-state index contributed by atoms with van der Waals surface area (Å²) in [6.45, 7) is 0. The standard InChI is InChI=1S/C4H7Br2O/c5-3-1-2-4(6)7/h4H,1-3H2. The smallest absolute Gasteiger partial charge is 0.147 e. The molecule has 0 aromatic rings. The molecule has 0 bridgehead atoms. The quantitative estimate of drug-likeness (QED) is 0.664. The molecule has 0 fully saturated rings. The van der Waals surface area contributed by atoms with Crippen LogP contribution < -0.4 is 0 Å². The fourth-order valence-corrected chi connectivity index (χ4v) is 0.885. The Morgan fingerprint density at radius 2 is 2.14 bits per heavy atom. The van der Waals surface area contributed by atoms with E-state index in [9.17, 15) is 5.11 Å². The zero-order valence-corrected chi connectivity index (χ0v) is 7.03. The van der Waals surface area contributed by atoms with E-state index in [1.807, 2.05) is 0 Å². The molecule has 1 atom stereocenters. The molecule has 0 aliphatic rings. The normalized spacial score (nSPS) is 14.1. The molecule has 0 aromatic heterocycles. The van der Waals surface area contributed by atoms with Crippen LogP contribution in [0.2, 0.25) is 0 Å². The van der Waals surface area contributed by atoms with Gasteiger partial charge in [0, 0.05) is 5.33 Å². The van der Waals surface area contributed by atoms with Gasteiger partial charge in [0.2, 0.25) is 0 Å². The van der Waals surface area contributed by atoms with Gasteiger partial charge in [-0.05, 0) is 12.8 Å². The van der Waals surface area contributed by atoms with Gasteiger partial charge in [-0.2, -0.15) is 0 Å². The lowest BCUT2D eigenvalue weighted by Crippen LogP contribution is -1.91. The first-order valence-electron chi connectivity index (χ1n) is 2.13. The summed E-state index contributed by atoms with van der Waals surface area (Å²) in [4.78, 5) is 0. The number of hydrogen-bond donors (Lipinski definition) is 0. The van der Waals surface area contributed by atoms with Crippen LogP contribution >= 0.6 is 31.9 Å². The van der Waals surface area contributed by atoms with Gasteiger partial charge in [-0.1, -0.05) is 31.9 Å². The highest BCUT2D eigenvalue weighted by molar-refractivity contribution is 9.09. The van der Waals surface area contributed by atoms with Gasteiger partial charge in [0.15, 0.2) is 0 Å². The van der Waals surface area contributed by atoms with Crippen molar-refractivity contribution >= 4 is 31.9 Å². The summed E-state index contributed by atoms with van der Waals surface area (Å²) in [5, 5.41) is 10.5. The number of rotatable bonds is 3. The molecule has 0 saturated carbocycles. The van der Waals surface area contributed by atoms with Crippen LogP contribution in [0.3, 0.4) is 0 Å². The maximum absolute atomic E-state index is 10.2. The van der Waals surface area contributed by atoms with Gasteiger partial charge >= 0.3 is 0 Å². The minimum atomic E-state index is -0.565. The third kappa shape index (κ3) is 6.92. The summed E-state index contributed by atoms with van der Waals surface area (Å²) >= 11 is 6.12. The predicted octanol–water partition coefficient (Wildman–Crippen LogP) is 2.31. The first kappa shape index (κ1) is 7.92. The van der Waals surface area contributed by atoms with Crippen molar-refractivity contribution in [1.82, 2.24) is 0 Å². The Bertz CT molecular complexity index is 38.7. The van der Waals surface area contributed by atoms with Crippen LogP contribution in [-0.4, -0.2) is 10.3 Å². The first-order chi connectivity index (χ1) is 3.27. The minimum absolute atomic E-state index is 0.565. The second-order valence-electron chi connectivity index (χ2n) is 1.24. The number of halogens is 2. The Labute approximate surface area is 60.4 Å². The predicted molar refractivity (Wildman–Crippen MR) is 36.4 cm³/mol. The molecule has 1 unspecified atom stereocenters. The molecule has 0 heterocycles. The van der Waals surface area contributed by atoms with E-state index in [0.717, 1.165) is 11.8 Å². The summed E-state index contributed by atoms with van der Waals surface area (Å²) < 4.78 is 0. The lowest BCUT2D eigenvalue weighted by Gasteiger charge is -1.92. The van der Waals surface area contributed by atoms with Crippen molar-refractivity contribution in [2.75, 3.05) is 5.33 Å². The summed E-state index contributed by atoms with van der Waals surface area (Å²) in [5.41, 5.74) is 0. The highest BCUT2D eigenvalue weighted by Gasteiger charge is 1.95. The molecular weight excluding hydrogens is 224 g/mol. The third-order valence-corrected chi connectivity index (χ3v) is 1.58. The summed E-state index contributed by atoms with van der Waals surface area (Å²) in [6, 6.07) is 0. The molecule has 0 N–H and O–H groups in total. The van der Waals surface area contributed by atoms with E-state index in [1.54, 1.807) is 0 Å². The monoisotopic (exact) mass is 229 g/mol. The van der Waals surface area contributed by atoms with Crippen molar-refractivity contribution in [2.45, 2.75) is 17.9 Å². The van der Waals surface area contributed by atoms with Crippen LogP contribution in [0.15, 0.2) is 0 Å². The van der Waals surface area contributed by atoms with Gasteiger partial charge in [-0.3, -0.25) is 0 Å². The van der Waals surface area contributed by atoms with Gasteiger partial charge < -0.3 is 0 Å². The van der Waals surface area contributed by atoms with E-state index < -0.39 is 5.01 Å². The highest BCUT2D eigenvalue weighted by atomic mass is 79.9. The number of hydrogen-bond acceptors (Lipinski definition) is 0. The van der Waals surface area contributed by atoms with Gasteiger partial charge in [0.25, 0.3) is 0 Å². The third-order valence-electron chi connectivity index (χ3n) is 0.565. The maximum Gasteiger partial charge on any atom is 0.147 e. The molecule has 43 valence electrons. The molecule has 0 spiro atoms. The largest absolute Gasteiger partial charge is 0.221 e. The second-order valence-corrected chi connectivity index (χ2v) is 3.06. The molecule has 0 aromatic carbocycles. The van der Waals surface area contributed by atoms with Crippen LogP contribution in [0.25, 0.3) is 0 Å². The Morgan fingerprint density at radius 1 is 1.57 bits per heavy atom. The van der Waals surface area contributed by atoms with Crippen molar-refractivity contribution in [1.29, 1.82) is 0 Å². The van der Waals surface area contributed by atoms with Crippen LogP contribution in [0.4, 0.5) is 0 Å². The van der Waals surface area contributed by atoms with E-state index in [1.165, 1.54) is 0 Å². The molecule has 0 aliphatic heterocycles. The second kappa shape index (κ2) is 5.06. The molecule has 0 saturated heterocycles. The summed E-state index contributed by atoms with van der Waals surface area (Å²) in [5.74, 6) is 0. The fraction of sp³-hybridized carbons (Fsp3) is 1.00. The van der Waals surface area contributed by atoms with E-state index in [0.29, 0.717) is 6.42 Å². The van der Waals surface area contributed by atoms with Gasteiger partial charge in [-0.25, -0.2) is 5.11 Å². The average Bonchev–Trinajstić information content (AvgIpc) is 1.61. The zero-order valence-electron chi connectivity index (χ0n) is 3.86. The Morgan fingerprint density at radius 3 is 2.29 bits per heavy atom. The lowest BCUT2D eigenvalue weighted by atomic mass is 10.4. The lowest BCUT2D eigenvalue weighted by molar-refractivity contribution is 0.163. The average molecular weight is 231 g/mol. The van der Waals surface area contributed by atoms with Crippen molar-refractivity contribution in [3.63, 3.8) is 0 Å². The van der Waals surface area contributed by atoms with Crippen LogP contribution in [0, 0.1) is 0 Å². The highest BCUT2D eigenvalue weighted by Crippen LogP contribution is 2.05. The Balaban J connectivity index is 2.68. The van der Waals surface area contributed by atoms with Crippen molar-refractivity contribution < 1.29 is 5.11 Å². The Hall–Kier alpha value is 0.920. The molecular formula is C4H7Br2O. The maximum atomic E-state index is 10.2. The van der Waals surface area contributed by atoms with E-state index in [4.69, 9.17) is 0 Å². The van der Waals surface area contributed by atoms with E-state index >= 15 is 0 Å². The fourth-order valence-electron chi connectivity index (χ4n) is 0.238.